The van der Waals surface area contributed by atoms with Gasteiger partial charge >= 0.3 is 0 Å². The number of Topliss-reactive ketones (excluding diaryl/α,β-unsaturated/α-hetero) is 1. The number of rotatable bonds is 4. The third-order valence-electron chi connectivity index (χ3n) is 4.30. The molecule has 4 heteroatoms. The van der Waals surface area contributed by atoms with Gasteiger partial charge in [-0.1, -0.05) is 6.92 Å². The molecule has 2 N–H and O–H groups in total. The summed E-state index contributed by atoms with van der Waals surface area (Å²) in [6.45, 7) is 3.43. The van der Waals surface area contributed by atoms with Gasteiger partial charge in [-0.05, 0) is 49.7 Å². The summed E-state index contributed by atoms with van der Waals surface area (Å²) < 4.78 is 6.03. The van der Waals surface area contributed by atoms with Crippen molar-refractivity contribution in [2.75, 3.05) is 24.7 Å². The van der Waals surface area contributed by atoms with E-state index in [1.54, 1.807) is 0 Å². The maximum Gasteiger partial charge on any atom is 0.136 e. The van der Waals surface area contributed by atoms with Crippen molar-refractivity contribution in [1.82, 2.24) is 0 Å². The first kappa shape index (κ1) is 14.4. The highest BCUT2D eigenvalue weighted by Gasteiger charge is 2.40. The smallest absolute Gasteiger partial charge is 0.136 e. The Labute approximate surface area is 114 Å². The third kappa shape index (κ3) is 3.49. The fourth-order valence-electron chi connectivity index (χ4n) is 2.99. The molecule has 3 nitrogen and oxygen atoms in total. The Morgan fingerprint density at radius 3 is 2.89 bits per heavy atom. The van der Waals surface area contributed by atoms with Gasteiger partial charge in [0.15, 0.2) is 0 Å². The van der Waals surface area contributed by atoms with Gasteiger partial charge in [0.05, 0.1) is 5.60 Å². The summed E-state index contributed by atoms with van der Waals surface area (Å²) >= 11 is 2.00. The average Bonchev–Trinajstić information content (AvgIpc) is 2.39. The second kappa shape index (κ2) is 6.40. The molecule has 0 amide bonds. The molecule has 0 aromatic rings. The van der Waals surface area contributed by atoms with Crippen LogP contribution in [0.1, 0.15) is 39.0 Å². The van der Waals surface area contributed by atoms with E-state index in [0.29, 0.717) is 24.7 Å². The molecule has 2 saturated heterocycles. The lowest BCUT2D eigenvalue weighted by atomic mass is 9.78. The van der Waals surface area contributed by atoms with Crippen LogP contribution < -0.4 is 5.73 Å². The fourth-order valence-corrected chi connectivity index (χ4v) is 4.22. The third-order valence-corrected chi connectivity index (χ3v) is 5.29. The standard InChI is InChI=1S/C14H25NO2S/c1-11(10-15)8-13(16)12-2-5-17-14(9-12)3-6-18-7-4-14/h11-12H,2-10,15H2,1H3. The number of carbonyl (C=O) groups excluding carboxylic acids is 1. The van der Waals surface area contributed by atoms with Crippen LogP contribution in [0.25, 0.3) is 0 Å². The van der Waals surface area contributed by atoms with E-state index in [4.69, 9.17) is 10.5 Å². The molecular weight excluding hydrogens is 246 g/mol. The number of nitrogens with two attached hydrogens (primary N) is 1. The first-order valence-electron chi connectivity index (χ1n) is 7.10. The zero-order valence-corrected chi connectivity index (χ0v) is 12.1. The van der Waals surface area contributed by atoms with Crippen LogP contribution in [0.15, 0.2) is 0 Å². The van der Waals surface area contributed by atoms with Crippen LogP contribution in [-0.4, -0.2) is 36.0 Å². The van der Waals surface area contributed by atoms with Crippen molar-refractivity contribution >= 4 is 17.5 Å². The van der Waals surface area contributed by atoms with Gasteiger partial charge in [-0.2, -0.15) is 11.8 Å². The van der Waals surface area contributed by atoms with Crippen molar-refractivity contribution < 1.29 is 9.53 Å². The van der Waals surface area contributed by atoms with Gasteiger partial charge in [0.1, 0.15) is 5.78 Å². The first-order valence-corrected chi connectivity index (χ1v) is 8.25. The monoisotopic (exact) mass is 271 g/mol. The molecule has 0 radical (unpaired) electrons. The SMILES string of the molecule is CC(CN)CC(=O)C1CCOC2(CCSCC2)C1. The van der Waals surface area contributed by atoms with E-state index in [-0.39, 0.29) is 11.5 Å². The maximum absolute atomic E-state index is 12.3. The van der Waals surface area contributed by atoms with Gasteiger partial charge in [0.25, 0.3) is 0 Å². The Balaban J connectivity index is 1.91. The van der Waals surface area contributed by atoms with Gasteiger partial charge in [-0.25, -0.2) is 0 Å². The van der Waals surface area contributed by atoms with Crippen LogP contribution in [0.3, 0.4) is 0 Å². The van der Waals surface area contributed by atoms with Crippen LogP contribution in [0, 0.1) is 11.8 Å². The molecule has 1 spiro atoms. The lowest BCUT2D eigenvalue weighted by molar-refractivity contribution is -0.139. The molecule has 2 atom stereocenters. The van der Waals surface area contributed by atoms with E-state index >= 15 is 0 Å². The van der Waals surface area contributed by atoms with Crippen LogP contribution in [-0.2, 0) is 9.53 Å². The Kier molecular flexibility index (Phi) is 5.10. The molecule has 2 rings (SSSR count). The number of thioether (sulfide) groups is 1. The summed E-state index contributed by atoms with van der Waals surface area (Å²) in [5.41, 5.74) is 5.63. The van der Waals surface area contributed by atoms with Gasteiger partial charge in [0.2, 0.25) is 0 Å². The Morgan fingerprint density at radius 1 is 1.50 bits per heavy atom. The lowest BCUT2D eigenvalue weighted by Gasteiger charge is -2.43. The van der Waals surface area contributed by atoms with Gasteiger partial charge in [-0.15, -0.1) is 0 Å². The predicted molar refractivity (Wildman–Crippen MR) is 75.8 cm³/mol. The number of carbonyl (C=O) groups is 1. The lowest BCUT2D eigenvalue weighted by Crippen LogP contribution is -2.44. The van der Waals surface area contributed by atoms with E-state index in [1.165, 1.54) is 11.5 Å². The Morgan fingerprint density at radius 2 is 2.22 bits per heavy atom. The van der Waals surface area contributed by atoms with Crippen molar-refractivity contribution in [3.8, 4) is 0 Å². The molecule has 2 heterocycles. The van der Waals surface area contributed by atoms with E-state index < -0.39 is 0 Å². The second-order valence-electron chi connectivity index (χ2n) is 5.84. The van der Waals surface area contributed by atoms with Gasteiger partial charge in [-0.3, -0.25) is 4.79 Å². The summed E-state index contributed by atoms with van der Waals surface area (Å²) in [5.74, 6) is 3.31. The van der Waals surface area contributed by atoms with Gasteiger partial charge in [0, 0.05) is 18.9 Å². The van der Waals surface area contributed by atoms with Crippen molar-refractivity contribution in [3.63, 3.8) is 0 Å². The molecule has 0 bridgehead atoms. The van der Waals surface area contributed by atoms with Gasteiger partial charge < -0.3 is 10.5 Å². The molecule has 0 saturated carbocycles. The summed E-state index contributed by atoms with van der Waals surface area (Å²) in [5, 5.41) is 0. The topological polar surface area (TPSA) is 52.3 Å². The highest BCUT2D eigenvalue weighted by molar-refractivity contribution is 7.99. The second-order valence-corrected chi connectivity index (χ2v) is 7.07. The first-order chi connectivity index (χ1) is 8.65. The van der Waals surface area contributed by atoms with E-state index in [2.05, 4.69) is 6.92 Å². The highest BCUT2D eigenvalue weighted by atomic mass is 32.2. The molecule has 18 heavy (non-hydrogen) atoms. The normalized spacial score (nSPS) is 29.1. The van der Waals surface area contributed by atoms with Crippen LogP contribution in [0.5, 0.6) is 0 Å². The maximum atomic E-state index is 12.3. The summed E-state index contributed by atoms with van der Waals surface area (Å²) in [6.07, 6.45) is 4.74. The molecule has 104 valence electrons. The van der Waals surface area contributed by atoms with E-state index in [9.17, 15) is 4.79 Å². The average molecular weight is 271 g/mol. The zero-order valence-electron chi connectivity index (χ0n) is 11.3. The number of hydrogen-bond acceptors (Lipinski definition) is 4. The van der Waals surface area contributed by atoms with Crippen LogP contribution >= 0.6 is 11.8 Å². The van der Waals surface area contributed by atoms with Crippen LogP contribution in [0.2, 0.25) is 0 Å². The Hall–Kier alpha value is -0.0600. The number of ether oxygens (including phenoxy) is 1. The summed E-state index contributed by atoms with van der Waals surface area (Å²) in [4.78, 5) is 12.3. The quantitative estimate of drug-likeness (QED) is 0.852. The predicted octanol–water partition coefficient (Wildman–Crippen LogP) is 2.23. The minimum atomic E-state index is 0.0236. The fraction of sp³-hybridized carbons (Fsp3) is 0.929. The number of hydrogen-bond donors (Lipinski definition) is 1. The molecule has 2 fully saturated rings. The summed E-state index contributed by atoms with van der Waals surface area (Å²) in [6, 6.07) is 0. The minimum Gasteiger partial charge on any atom is -0.375 e. The van der Waals surface area contributed by atoms with Crippen molar-refractivity contribution in [2.45, 2.75) is 44.6 Å². The van der Waals surface area contributed by atoms with E-state index in [1.807, 2.05) is 11.8 Å². The van der Waals surface area contributed by atoms with Crippen molar-refractivity contribution in [2.24, 2.45) is 17.6 Å². The minimum absolute atomic E-state index is 0.0236. The number of ketones is 1. The van der Waals surface area contributed by atoms with Crippen molar-refractivity contribution in [3.05, 3.63) is 0 Å². The van der Waals surface area contributed by atoms with E-state index in [0.717, 1.165) is 32.3 Å². The zero-order chi connectivity index (χ0) is 13.0. The molecular formula is C14H25NO2S. The molecule has 0 aromatic heterocycles. The highest BCUT2D eigenvalue weighted by Crippen LogP contribution is 2.40. The van der Waals surface area contributed by atoms with Crippen LogP contribution in [0.4, 0.5) is 0 Å². The molecule has 2 unspecified atom stereocenters. The molecule has 2 aliphatic heterocycles. The largest absolute Gasteiger partial charge is 0.375 e. The Bertz CT molecular complexity index is 284. The molecule has 0 aliphatic carbocycles. The summed E-state index contributed by atoms with van der Waals surface area (Å²) in [7, 11) is 0. The van der Waals surface area contributed by atoms with Crippen molar-refractivity contribution in [1.29, 1.82) is 0 Å². The molecule has 2 aliphatic rings. The molecule has 0 aromatic carbocycles.